The van der Waals surface area contributed by atoms with Crippen LogP contribution in [0.1, 0.15) is 162 Å². The molecule has 6 nitrogen and oxygen atoms in total. The van der Waals surface area contributed by atoms with Crippen molar-refractivity contribution in [1.82, 2.24) is 0 Å². The fraction of sp³-hybridized carbons (Fsp3) is 0.714. The summed E-state index contributed by atoms with van der Waals surface area (Å²) in [5, 5.41) is 10.00. The van der Waals surface area contributed by atoms with Gasteiger partial charge in [-0.05, 0) is 51.4 Å². The molecule has 6 heteroatoms. The van der Waals surface area contributed by atoms with Crippen molar-refractivity contribution in [1.29, 1.82) is 0 Å². The third kappa shape index (κ3) is 29.7. The summed E-state index contributed by atoms with van der Waals surface area (Å²) in [5.74, 6) is -0.665. The number of allylic oxidation sites excluding steroid dienone is 8. The second kappa shape index (κ2) is 33.1. The highest BCUT2D eigenvalue weighted by Gasteiger charge is 2.35. The standard InChI is InChI=1S/C42H70O6/c1-3-5-7-8-9-10-11-12-13-17-20-23-26-30-34-41(44)46-36-38(43)37-47-42(45)35-31-27-24-21-18-15-14-16-19-22-25-29-33-40-39(48-40)32-28-6-4-2/h6,15-16,18-19,24-25,27-29,38-40,43H,3-5,7-14,17,20-23,26,30-37H2,1-2H3/b18-15-,19-16-,27-24-,28-6-,29-25-/t38-,39?,40?/m0/s1. The van der Waals surface area contributed by atoms with Crippen molar-refractivity contribution in [3.63, 3.8) is 0 Å². The lowest BCUT2D eigenvalue weighted by Gasteiger charge is -2.12. The van der Waals surface area contributed by atoms with Crippen molar-refractivity contribution in [3.05, 3.63) is 60.8 Å². The third-order valence-electron chi connectivity index (χ3n) is 8.43. The molecule has 0 aromatic rings. The predicted octanol–water partition coefficient (Wildman–Crippen LogP) is 11.0. The van der Waals surface area contributed by atoms with E-state index < -0.39 is 6.10 Å². The third-order valence-corrected chi connectivity index (χ3v) is 8.43. The van der Waals surface area contributed by atoms with Gasteiger partial charge in [0.2, 0.25) is 0 Å². The Morgan fingerprint density at radius 2 is 0.979 bits per heavy atom. The highest BCUT2D eigenvalue weighted by atomic mass is 16.6. The van der Waals surface area contributed by atoms with Gasteiger partial charge in [0.15, 0.2) is 0 Å². The Kier molecular flexibility index (Phi) is 30.0. The summed E-state index contributed by atoms with van der Waals surface area (Å²) < 4.78 is 15.9. The molecule has 1 aliphatic heterocycles. The average Bonchev–Trinajstić information content (AvgIpc) is 3.84. The molecule has 48 heavy (non-hydrogen) atoms. The van der Waals surface area contributed by atoms with Gasteiger partial charge in [-0.3, -0.25) is 9.59 Å². The fourth-order valence-corrected chi connectivity index (χ4v) is 5.39. The lowest BCUT2D eigenvalue weighted by atomic mass is 10.0. The van der Waals surface area contributed by atoms with Crippen LogP contribution in [0.3, 0.4) is 0 Å². The number of aliphatic hydroxyl groups is 1. The molecular formula is C42H70O6. The van der Waals surface area contributed by atoms with Crippen LogP contribution in [0.25, 0.3) is 0 Å². The number of epoxide rings is 1. The molecule has 274 valence electrons. The molecule has 3 atom stereocenters. The minimum absolute atomic E-state index is 0.142. The summed E-state index contributed by atoms with van der Waals surface area (Å²) in [7, 11) is 0. The van der Waals surface area contributed by atoms with Crippen LogP contribution in [0, 0.1) is 0 Å². The van der Waals surface area contributed by atoms with Crippen molar-refractivity contribution < 1.29 is 28.9 Å². The van der Waals surface area contributed by atoms with E-state index in [0.717, 1.165) is 57.8 Å². The number of esters is 2. The van der Waals surface area contributed by atoms with Crippen molar-refractivity contribution in [3.8, 4) is 0 Å². The largest absolute Gasteiger partial charge is 0.463 e. The van der Waals surface area contributed by atoms with Gasteiger partial charge in [-0.1, -0.05) is 158 Å². The molecule has 1 saturated heterocycles. The molecule has 1 heterocycles. The van der Waals surface area contributed by atoms with Gasteiger partial charge in [0.25, 0.3) is 0 Å². The maximum atomic E-state index is 11.9. The van der Waals surface area contributed by atoms with E-state index in [1.165, 1.54) is 70.6 Å². The number of ether oxygens (including phenoxy) is 3. The molecule has 0 aliphatic carbocycles. The number of aliphatic hydroxyl groups excluding tert-OH is 1. The first-order valence-electron chi connectivity index (χ1n) is 19.5. The van der Waals surface area contributed by atoms with Gasteiger partial charge in [-0.15, -0.1) is 0 Å². The van der Waals surface area contributed by atoms with Crippen LogP contribution in [-0.4, -0.2) is 48.6 Å². The molecule has 0 spiro atoms. The number of unbranched alkanes of at least 4 members (excludes halogenated alkanes) is 13. The second-order valence-electron chi connectivity index (χ2n) is 13.1. The van der Waals surface area contributed by atoms with Gasteiger partial charge < -0.3 is 19.3 Å². The number of rotatable bonds is 33. The Hall–Kier alpha value is -2.44. The molecule has 1 N–H and O–H groups in total. The molecule has 0 bridgehead atoms. The second-order valence-corrected chi connectivity index (χ2v) is 13.1. The molecule has 1 rings (SSSR count). The average molecular weight is 671 g/mol. The SMILES string of the molecule is CC/C=C\CC1OC1C/C=C\C/C=C\C/C=C\C/C=C\CCC(=O)OC[C@@H](O)COC(=O)CCCCCCCCCCCCCCCC. The molecule has 0 aromatic carbocycles. The van der Waals surface area contributed by atoms with Gasteiger partial charge in [0.05, 0.1) is 12.2 Å². The Labute approximate surface area is 294 Å². The summed E-state index contributed by atoms with van der Waals surface area (Å²) in [5.41, 5.74) is 0. The Morgan fingerprint density at radius 1 is 0.562 bits per heavy atom. The van der Waals surface area contributed by atoms with Crippen LogP contribution in [0.4, 0.5) is 0 Å². The molecule has 0 aromatic heterocycles. The van der Waals surface area contributed by atoms with Gasteiger partial charge in [-0.25, -0.2) is 0 Å². The number of carbonyl (C=O) groups is 2. The van der Waals surface area contributed by atoms with Crippen LogP contribution >= 0.6 is 0 Å². The van der Waals surface area contributed by atoms with Crippen LogP contribution in [0.5, 0.6) is 0 Å². The van der Waals surface area contributed by atoms with E-state index in [1.54, 1.807) is 0 Å². The topological polar surface area (TPSA) is 85.4 Å². The summed E-state index contributed by atoms with van der Waals surface area (Å²) in [6.07, 6.45) is 46.1. The van der Waals surface area contributed by atoms with Crippen molar-refractivity contribution in [2.24, 2.45) is 0 Å². The van der Waals surface area contributed by atoms with E-state index in [9.17, 15) is 14.7 Å². The zero-order valence-corrected chi connectivity index (χ0v) is 30.7. The quantitative estimate of drug-likeness (QED) is 0.0324. The van der Waals surface area contributed by atoms with Gasteiger partial charge >= 0.3 is 11.9 Å². The van der Waals surface area contributed by atoms with Crippen molar-refractivity contribution >= 4 is 11.9 Å². The van der Waals surface area contributed by atoms with Gasteiger partial charge in [-0.2, -0.15) is 0 Å². The highest BCUT2D eigenvalue weighted by Crippen LogP contribution is 2.29. The van der Waals surface area contributed by atoms with E-state index in [-0.39, 0.29) is 31.6 Å². The van der Waals surface area contributed by atoms with E-state index >= 15 is 0 Å². The smallest absolute Gasteiger partial charge is 0.306 e. The van der Waals surface area contributed by atoms with Gasteiger partial charge in [0.1, 0.15) is 19.3 Å². The first kappa shape index (κ1) is 43.6. The summed E-state index contributed by atoms with van der Waals surface area (Å²) >= 11 is 0. The van der Waals surface area contributed by atoms with Crippen molar-refractivity contribution in [2.75, 3.05) is 13.2 Å². The Balaban J connectivity index is 1.88. The lowest BCUT2D eigenvalue weighted by molar-refractivity contribution is -0.152. The molecule has 0 saturated carbocycles. The molecule has 0 radical (unpaired) electrons. The number of carbonyl (C=O) groups excluding carboxylic acids is 2. The molecule has 1 fully saturated rings. The van der Waals surface area contributed by atoms with Crippen molar-refractivity contribution in [2.45, 2.75) is 180 Å². The first-order valence-corrected chi connectivity index (χ1v) is 19.5. The Morgan fingerprint density at radius 3 is 1.48 bits per heavy atom. The van der Waals surface area contributed by atoms with E-state index in [4.69, 9.17) is 14.2 Å². The lowest BCUT2D eigenvalue weighted by Crippen LogP contribution is -2.25. The van der Waals surface area contributed by atoms with E-state index in [2.05, 4.69) is 62.5 Å². The maximum absolute atomic E-state index is 11.9. The van der Waals surface area contributed by atoms with E-state index in [0.29, 0.717) is 25.0 Å². The van der Waals surface area contributed by atoms with Crippen LogP contribution < -0.4 is 0 Å². The highest BCUT2D eigenvalue weighted by molar-refractivity contribution is 5.70. The monoisotopic (exact) mass is 671 g/mol. The summed E-state index contributed by atoms with van der Waals surface area (Å²) in [6, 6.07) is 0. The number of hydrogen-bond acceptors (Lipinski definition) is 6. The minimum Gasteiger partial charge on any atom is -0.463 e. The van der Waals surface area contributed by atoms with Gasteiger partial charge in [0, 0.05) is 12.8 Å². The normalized spacial score (nSPS) is 17.1. The molecule has 2 unspecified atom stereocenters. The summed E-state index contributed by atoms with van der Waals surface area (Å²) in [4.78, 5) is 23.9. The van der Waals surface area contributed by atoms with E-state index in [1.807, 2.05) is 12.2 Å². The minimum atomic E-state index is -0.997. The predicted molar refractivity (Wildman–Crippen MR) is 200 cm³/mol. The fourth-order valence-electron chi connectivity index (χ4n) is 5.39. The molecule has 0 amide bonds. The first-order chi connectivity index (χ1) is 23.6. The number of hydrogen-bond donors (Lipinski definition) is 1. The maximum Gasteiger partial charge on any atom is 0.306 e. The van der Waals surface area contributed by atoms with Crippen LogP contribution in [0.2, 0.25) is 0 Å². The molecular weight excluding hydrogens is 600 g/mol. The van der Waals surface area contributed by atoms with Crippen LogP contribution in [-0.2, 0) is 23.8 Å². The van der Waals surface area contributed by atoms with Crippen LogP contribution in [0.15, 0.2) is 60.8 Å². The Bertz CT molecular complexity index is 917. The molecule has 1 aliphatic rings. The zero-order chi connectivity index (χ0) is 34.8. The zero-order valence-electron chi connectivity index (χ0n) is 30.7. The summed E-state index contributed by atoms with van der Waals surface area (Å²) in [6.45, 7) is 4.11.